The van der Waals surface area contributed by atoms with E-state index in [0.29, 0.717) is 38.3 Å². The molecule has 2 saturated carbocycles. The summed E-state index contributed by atoms with van der Waals surface area (Å²) in [5.74, 6) is 0.500. The van der Waals surface area contributed by atoms with Gasteiger partial charge in [-0.1, -0.05) is 19.1 Å². The summed E-state index contributed by atoms with van der Waals surface area (Å²) in [6.45, 7) is 3.14. The number of fused-ring (bicyclic) bond motifs is 1. The fourth-order valence-corrected chi connectivity index (χ4v) is 4.83. The zero-order valence-corrected chi connectivity index (χ0v) is 15.9. The first-order valence-corrected chi connectivity index (χ1v) is 9.99. The molecule has 152 valence electrons. The standard InChI is InChI=1S/C21H25F3N2O2/c1-2-18(27)25-17-9-13(10-17)19(28)26-8-7-20(11-16(20)12-26)14-3-5-15(6-4-14)21(22,23)24/h3-6,13,16-17H,2,7-12H2,1H3,(H,25,27). The van der Waals surface area contributed by atoms with Crippen molar-refractivity contribution in [2.45, 2.75) is 56.7 Å². The van der Waals surface area contributed by atoms with E-state index in [4.69, 9.17) is 0 Å². The van der Waals surface area contributed by atoms with Crippen LogP contribution in [0.4, 0.5) is 13.2 Å². The zero-order valence-electron chi connectivity index (χ0n) is 15.9. The normalized spacial score (nSPS) is 31.6. The van der Waals surface area contributed by atoms with Gasteiger partial charge in [-0.3, -0.25) is 9.59 Å². The molecular weight excluding hydrogens is 369 g/mol. The van der Waals surface area contributed by atoms with Gasteiger partial charge in [0.15, 0.2) is 0 Å². The Hall–Kier alpha value is -2.05. The first-order chi connectivity index (χ1) is 13.2. The van der Waals surface area contributed by atoms with Gasteiger partial charge in [-0.15, -0.1) is 0 Å². The summed E-state index contributed by atoms with van der Waals surface area (Å²) >= 11 is 0. The molecule has 0 radical (unpaired) electrons. The van der Waals surface area contributed by atoms with Crippen LogP contribution >= 0.6 is 0 Å². The van der Waals surface area contributed by atoms with Gasteiger partial charge in [-0.2, -0.15) is 13.2 Å². The largest absolute Gasteiger partial charge is 0.416 e. The molecule has 2 aliphatic carbocycles. The first-order valence-electron chi connectivity index (χ1n) is 9.99. The minimum Gasteiger partial charge on any atom is -0.353 e. The molecule has 0 bridgehead atoms. The molecule has 0 spiro atoms. The monoisotopic (exact) mass is 394 g/mol. The molecule has 4 nitrogen and oxygen atoms in total. The molecule has 7 heteroatoms. The van der Waals surface area contributed by atoms with Gasteiger partial charge in [0.1, 0.15) is 0 Å². The molecule has 28 heavy (non-hydrogen) atoms. The fraction of sp³-hybridized carbons (Fsp3) is 0.619. The summed E-state index contributed by atoms with van der Waals surface area (Å²) in [6.07, 6.45) is -0.716. The second-order valence-electron chi connectivity index (χ2n) is 8.45. The highest BCUT2D eigenvalue weighted by Crippen LogP contribution is 2.59. The van der Waals surface area contributed by atoms with Gasteiger partial charge in [-0.05, 0) is 49.3 Å². The number of likely N-dealkylation sites (tertiary alicyclic amines) is 1. The van der Waals surface area contributed by atoms with Crippen molar-refractivity contribution < 1.29 is 22.8 Å². The Balaban J connectivity index is 1.32. The number of alkyl halides is 3. The number of hydrogen-bond donors (Lipinski definition) is 1. The van der Waals surface area contributed by atoms with Gasteiger partial charge < -0.3 is 10.2 Å². The predicted octanol–water partition coefficient (Wildman–Crippen LogP) is 3.50. The van der Waals surface area contributed by atoms with Crippen molar-refractivity contribution >= 4 is 11.8 Å². The SMILES string of the molecule is CCC(=O)NC1CC(C(=O)N2CCC3(c4ccc(C(F)(F)F)cc4)CC3C2)C1. The van der Waals surface area contributed by atoms with Gasteiger partial charge in [0.2, 0.25) is 11.8 Å². The number of nitrogens with one attached hydrogen (secondary N) is 1. The average molecular weight is 394 g/mol. The Labute approximate surface area is 162 Å². The van der Waals surface area contributed by atoms with Crippen LogP contribution < -0.4 is 5.32 Å². The maximum atomic E-state index is 12.8. The predicted molar refractivity (Wildman–Crippen MR) is 97.4 cm³/mol. The van der Waals surface area contributed by atoms with E-state index in [9.17, 15) is 22.8 Å². The Bertz CT molecular complexity index is 771. The second-order valence-corrected chi connectivity index (χ2v) is 8.45. The number of amides is 2. The molecule has 1 N–H and O–H groups in total. The minimum atomic E-state index is -4.31. The Morgan fingerprint density at radius 2 is 1.89 bits per heavy atom. The first kappa shape index (κ1) is 19.3. The molecule has 4 rings (SSSR count). The van der Waals surface area contributed by atoms with E-state index in [0.717, 1.165) is 30.5 Å². The molecule has 2 unspecified atom stereocenters. The second kappa shape index (κ2) is 6.78. The number of carbonyl (C=O) groups excluding carboxylic acids is 2. The summed E-state index contributed by atoms with van der Waals surface area (Å²) in [5, 5.41) is 2.92. The smallest absolute Gasteiger partial charge is 0.353 e. The lowest BCUT2D eigenvalue weighted by atomic mass is 9.78. The van der Waals surface area contributed by atoms with E-state index in [1.807, 2.05) is 11.8 Å². The van der Waals surface area contributed by atoms with Crippen LogP contribution in [0.1, 0.15) is 50.2 Å². The van der Waals surface area contributed by atoms with E-state index in [2.05, 4.69) is 5.32 Å². The quantitative estimate of drug-likeness (QED) is 0.850. The number of carbonyl (C=O) groups is 2. The maximum Gasteiger partial charge on any atom is 0.416 e. The van der Waals surface area contributed by atoms with Crippen molar-refractivity contribution in [3.8, 4) is 0 Å². The molecule has 1 aliphatic heterocycles. The Morgan fingerprint density at radius 3 is 2.46 bits per heavy atom. The summed E-state index contributed by atoms with van der Waals surface area (Å²) in [7, 11) is 0. The molecular formula is C21H25F3N2O2. The minimum absolute atomic E-state index is 0.0144. The van der Waals surface area contributed by atoms with Gasteiger partial charge in [0.25, 0.3) is 0 Å². The summed E-state index contributed by atoms with van der Waals surface area (Å²) in [4.78, 5) is 26.1. The molecule has 0 aromatic heterocycles. The van der Waals surface area contributed by atoms with Gasteiger partial charge in [0, 0.05) is 36.9 Å². The van der Waals surface area contributed by atoms with Crippen LogP contribution in [0.5, 0.6) is 0 Å². The summed E-state index contributed by atoms with van der Waals surface area (Å²) in [5.41, 5.74) is 0.286. The molecule has 1 heterocycles. The van der Waals surface area contributed by atoms with E-state index < -0.39 is 11.7 Å². The number of piperidine rings is 1. The molecule has 1 aromatic carbocycles. The van der Waals surface area contributed by atoms with Crippen LogP contribution in [0.2, 0.25) is 0 Å². The van der Waals surface area contributed by atoms with Crippen molar-refractivity contribution in [3.05, 3.63) is 35.4 Å². The van der Waals surface area contributed by atoms with Crippen molar-refractivity contribution in [3.63, 3.8) is 0 Å². The van der Waals surface area contributed by atoms with Gasteiger partial charge in [0.05, 0.1) is 5.56 Å². The van der Waals surface area contributed by atoms with Crippen LogP contribution in [0.3, 0.4) is 0 Å². The number of rotatable bonds is 4. The molecule has 3 fully saturated rings. The Kier molecular flexibility index (Phi) is 4.67. The number of benzene rings is 1. The third-order valence-corrected chi connectivity index (χ3v) is 6.77. The van der Waals surface area contributed by atoms with Gasteiger partial charge >= 0.3 is 6.18 Å². The highest BCUT2D eigenvalue weighted by Gasteiger charge is 2.58. The summed E-state index contributed by atoms with van der Waals surface area (Å²) < 4.78 is 38.3. The lowest BCUT2D eigenvalue weighted by Gasteiger charge is -2.40. The van der Waals surface area contributed by atoms with Crippen LogP contribution in [0, 0.1) is 11.8 Å². The van der Waals surface area contributed by atoms with Crippen molar-refractivity contribution in [1.82, 2.24) is 10.2 Å². The Morgan fingerprint density at radius 1 is 1.21 bits per heavy atom. The average Bonchev–Trinajstić information content (AvgIpc) is 3.38. The number of halogens is 3. The van der Waals surface area contributed by atoms with Crippen molar-refractivity contribution in [1.29, 1.82) is 0 Å². The van der Waals surface area contributed by atoms with Crippen molar-refractivity contribution in [2.24, 2.45) is 11.8 Å². The van der Waals surface area contributed by atoms with Crippen LogP contribution in [-0.4, -0.2) is 35.8 Å². The molecule has 2 atom stereocenters. The third kappa shape index (κ3) is 3.40. The number of nitrogens with zero attached hydrogens (tertiary/aromatic N) is 1. The van der Waals surface area contributed by atoms with E-state index >= 15 is 0 Å². The lowest BCUT2D eigenvalue weighted by Crippen LogP contribution is -2.52. The highest BCUT2D eigenvalue weighted by molar-refractivity contribution is 5.81. The van der Waals surface area contributed by atoms with Crippen LogP contribution in [0.25, 0.3) is 0 Å². The van der Waals surface area contributed by atoms with E-state index in [1.54, 1.807) is 12.1 Å². The molecule has 1 saturated heterocycles. The molecule has 3 aliphatic rings. The van der Waals surface area contributed by atoms with E-state index in [1.165, 1.54) is 0 Å². The van der Waals surface area contributed by atoms with Crippen LogP contribution in [-0.2, 0) is 21.2 Å². The fourth-order valence-electron chi connectivity index (χ4n) is 4.83. The topological polar surface area (TPSA) is 49.4 Å². The van der Waals surface area contributed by atoms with Crippen LogP contribution in [0.15, 0.2) is 24.3 Å². The lowest BCUT2D eigenvalue weighted by molar-refractivity contribution is -0.141. The van der Waals surface area contributed by atoms with Gasteiger partial charge in [-0.25, -0.2) is 0 Å². The third-order valence-electron chi connectivity index (χ3n) is 6.77. The molecule has 2 amide bonds. The number of hydrogen-bond acceptors (Lipinski definition) is 2. The van der Waals surface area contributed by atoms with E-state index in [-0.39, 0.29) is 29.2 Å². The zero-order chi connectivity index (χ0) is 20.1. The summed E-state index contributed by atoms with van der Waals surface area (Å²) in [6, 6.07) is 5.64. The maximum absolute atomic E-state index is 12.8. The van der Waals surface area contributed by atoms with Crippen molar-refractivity contribution in [2.75, 3.05) is 13.1 Å². The molecule has 1 aromatic rings. The highest BCUT2D eigenvalue weighted by atomic mass is 19.4.